The Hall–Kier alpha value is -2.82. The van der Waals surface area contributed by atoms with Crippen molar-refractivity contribution in [3.05, 3.63) is 48.8 Å². The van der Waals surface area contributed by atoms with E-state index in [0.717, 1.165) is 24.6 Å². The third kappa shape index (κ3) is 2.77. The van der Waals surface area contributed by atoms with Gasteiger partial charge in [-0.25, -0.2) is 9.97 Å². The molecular formula is C18H21N5. The fourth-order valence-corrected chi connectivity index (χ4v) is 2.79. The SMILES string of the molecule is CCNc1ncnc(N(CC)c2cccc3ccccc23)c1N. The topological polar surface area (TPSA) is 67.1 Å². The van der Waals surface area contributed by atoms with Crippen molar-refractivity contribution in [2.75, 3.05) is 29.0 Å². The zero-order valence-electron chi connectivity index (χ0n) is 13.5. The van der Waals surface area contributed by atoms with Gasteiger partial charge in [-0.15, -0.1) is 0 Å². The fraction of sp³-hybridized carbons (Fsp3) is 0.222. The number of nitrogens with zero attached hydrogens (tertiary/aromatic N) is 3. The highest BCUT2D eigenvalue weighted by Crippen LogP contribution is 2.35. The Labute approximate surface area is 136 Å². The van der Waals surface area contributed by atoms with Crippen LogP contribution >= 0.6 is 0 Å². The van der Waals surface area contributed by atoms with Gasteiger partial charge in [-0.3, -0.25) is 0 Å². The quantitative estimate of drug-likeness (QED) is 0.750. The molecule has 0 amide bonds. The number of hydrogen-bond acceptors (Lipinski definition) is 5. The largest absolute Gasteiger partial charge is 0.393 e. The summed E-state index contributed by atoms with van der Waals surface area (Å²) in [6.45, 7) is 5.64. The van der Waals surface area contributed by atoms with Gasteiger partial charge < -0.3 is 16.0 Å². The van der Waals surface area contributed by atoms with Gasteiger partial charge >= 0.3 is 0 Å². The van der Waals surface area contributed by atoms with E-state index in [-0.39, 0.29) is 0 Å². The average molecular weight is 307 g/mol. The Morgan fingerprint density at radius 2 is 1.83 bits per heavy atom. The van der Waals surface area contributed by atoms with Gasteiger partial charge in [-0.05, 0) is 25.3 Å². The Balaban J connectivity index is 2.15. The Morgan fingerprint density at radius 3 is 2.61 bits per heavy atom. The van der Waals surface area contributed by atoms with Crippen LogP contribution in [0.4, 0.5) is 23.0 Å². The minimum Gasteiger partial charge on any atom is -0.393 e. The number of aromatic nitrogens is 2. The van der Waals surface area contributed by atoms with Crippen LogP contribution in [0.3, 0.4) is 0 Å². The first-order valence-electron chi connectivity index (χ1n) is 7.85. The predicted molar refractivity (Wildman–Crippen MR) is 97.2 cm³/mol. The van der Waals surface area contributed by atoms with Gasteiger partial charge in [0.15, 0.2) is 11.6 Å². The van der Waals surface area contributed by atoms with E-state index in [2.05, 4.69) is 57.4 Å². The standard InChI is InChI=1S/C18H21N5/c1-3-20-17-16(19)18(22-12-21-17)23(4-2)15-11-7-9-13-8-5-6-10-14(13)15/h5-12H,3-4,19H2,1-2H3,(H,20,21,22). The zero-order valence-corrected chi connectivity index (χ0v) is 13.5. The maximum absolute atomic E-state index is 6.30. The molecule has 0 bridgehead atoms. The molecule has 5 nitrogen and oxygen atoms in total. The number of hydrogen-bond donors (Lipinski definition) is 2. The third-order valence-corrected chi connectivity index (χ3v) is 3.84. The van der Waals surface area contributed by atoms with Crippen LogP contribution in [0.1, 0.15) is 13.8 Å². The summed E-state index contributed by atoms with van der Waals surface area (Å²) >= 11 is 0. The van der Waals surface area contributed by atoms with Crippen molar-refractivity contribution in [1.29, 1.82) is 0 Å². The molecule has 23 heavy (non-hydrogen) atoms. The smallest absolute Gasteiger partial charge is 0.161 e. The van der Waals surface area contributed by atoms with Crippen molar-refractivity contribution in [2.45, 2.75) is 13.8 Å². The molecule has 118 valence electrons. The van der Waals surface area contributed by atoms with Crippen LogP contribution in [-0.2, 0) is 0 Å². The number of fused-ring (bicyclic) bond motifs is 1. The van der Waals surface area contributed by atoms with Crippen molar-refractivity contribution in [3.63, 3.8) is 0 Å². The molecule has 0 atom stereocenters. The molecule has 3 N–H and O–H groups in total. The van der Waals surface area contributed by atoms with E-state index in [0.29, 0.717) is 11.5 Å². The maximum atomic E-state index is 6.30. The molecule has 1 aromatic heterocycles. The lowest BCUT2D eigenvalue weighted by Crippen LogP contribution is -2.20. The fourth-order valence-electron chi connectivity index (χ4n) is 2.79. The third-order valence-electron chi connectivity index (χ3n) is 3.84. The average Bonchev–Trinajstić information content (AvgIpc) is 2.59. The molecule has 0 fully saturated rings. The van der Waals surface area contributed by atoms with Gasteiger partial charge in [0.1, 0.15) is 12.0 Å². The zero-order chi connectivity index (χ0) is 16.2. The summed E-state index contributed by atoms with van der Waals surface area (Å²) in [7, 11) is 0. The summed E-state index contributed by atoms with van der Waals surface area (Å²) in [5.41, 5.74) is 7.97. The van der Waals surface area contributed by atoms with E-state index in [1.807, 2.05) is 19.1 Å². The monoisotopic (exact) mass is 307 g/mol. The molecule has 0 unspecified atom stereocenters. The number of benzene rings is 2. The lowest BCUT2D eigenvalue weighted by atomic mass is 10.1. The van der Waals surface area contributed by atoms with Gasteiger partial charge in [0.25, 0.3) is 0 Å². The summed E-state index contributed by atoms with van der Waals surface area (Å²) in [5, 5.41) is 5.56. The van der Waals surface area contributed by atoms with Crippen LogP contribution in [0.2, 0.25) is 0 Å². The van der Waals surface area contributed by atoms with Gasteiger partial charge in [-0.1, -0.05) is 36.4 Å². The number of rotatable bonds is 5. The van der Waals surface area contributed by atoms with Gasteiger partial charge in [0.2, 0.25) is 0 Å². The summed E-state index contributed by atoms with van der Waals surface area (Å²) in [4.78, 5) is 10.8. The minimum absolute atomic E-state index is 0.573. The van der Waals surface area contributed by atoms with E-state index in [1.54, 1.807) is 6.33 Å². The van der Waals surface area contributed by atoms with Crippen LogP contribution in [0.25, 0.3) is 10.8 Å². The summed E-state index contributed by atoms with van der Waals surface area (Å²) < 4.78 is 0. The molecule has 0 aliphatic carbocycles. The van der Waals surface area contributed by atoms with E-state index in [9.17, 15) is 0 Å². The van der Waals surface area contributed by atoms with Crippen molar-refractivity contribution in [3.8, 4) is 0 Å². The van der Waals surface area contributed by atoms with E-state index in [1.165, 1.54) is 10.8 Å². The highest BCUT2D eigenvalue weighted by atomic mass is 15.2. The number of anilines is 4. The highest BCUT2D eigenvalue weighted by Gasteiger charge is 2.17. The first-order chi connectivity index (χ1) is 11.3. The second-order valence-corrected chi connectivity index (χ2v) is 5.23. The highest BCUT2D eigenvalue weighted by molar-refractivity contribution is 5.97. The number of nitrogen functional groups attached to an aromatic ring is 1. The normalized spacial score (nSPS) is 10.7. The van der Waals surface area contributed by atoms with Crippen LogP contribution in [0.5, 0.6) is 0 Å². The predicted octanol–water partition coefficient (Wildman–Crippen LogP) is 3.80. The van der Waals surface area contributed by atoms with Crippen molar-refractivity contribution < 1.29 is 0 Å². The molecule has 0 aliphatic rings. The van der Waals surface area contributed by atoms with Gasteiger partial charge in [-0.2, -0.15) is 0 Å². The summed E-state index contributed by atoms with van der Waals surface area (Å²) in [6, 6.07) is 14.6. The molecule has 5 heteroatoms. The van der Waals surface area contributed by atoms with Crippen LogP contribution in [0.15, 0.2) is 48.8 Å². The Kier molecular flexibility index (Phi) is 4.28. The molecule has 0 saturated heterocycles. The molecule has 3 aromatic rings. The van der Waals surface area contributed by atoms with Crippen molar-refractivity contribution in [2.24, 2.45) is 0 Å². The first-order valence-corrected chi connectivity index (χ1v) is 7.85. The van der Waals surface area contributed by atoms with Crippen LogP contribution < -0.4 is 16.0 Å². The minimum atomic E-state index is 0.573. The van der Waals surface area contributed by atoms with Crippen molar-refractivity contribution in [1.82, 2.24) is 9.97 Å². The maximum Gasteiger partial charge on any atom is 0.161 e. The van der Waals surface area contributed by atoms with Gasteiger partial charge in [0.05, 0.1) is 5.69 Å². The molecule has 0 aliphatic heterocycles. The molecular weight excluding hydrogens is 286 g/mol. The Bertz CT molecular complexity index is 810. The van der Waals surface area contributed by atoms with Gasteiger partial charge in [0, 0.05) is 18.5 Å². The number of nitrogens with two attached hydrogens (primary N) is 1. The molecule has 2 aromatic carbocycles. The summed E-state index contributed by atoms with van der Waals surface area (Å²) in [6.07, 6.45) is 1.55. The first kappa shape index (κ1) is 15.1. The molecule has 0 spiro atoms. The molecule has 0 radical (unpaired) electrons. The lowest BCUT2D eigenvalue weighted by molar-refractivity contribution is 0.981. The van der Waals surface area contributed by atoms with Crippen LogP contribution in [-0.4, -0.2) is 23.1 Å². The van der Waals surface area contributed by atoms with E-state index in [4.69, 9.17) is 5.73 Å². The number of nitrogens with one attached hydrogen (secondary N) is 1. The second-order valence-electron chi connectivity index (χ2n) is 5.23. The summed E-state index contributed by atoms with van der Waals surface area (Å²) in [5.74, 6) is 1.41. The second kappa shape index (κ2) is 6.52. The van der Waals surface area contributed by atoms with Crippen LogP contribution in [0, 0.1) is 0 Å². The van der Waals surface area contributed by atoms with E-state index < -0.39 is 0 Å². The van der Waals surface area contributed by atoms with E-state index >= 15 is 0 Å². The molecule has 0 saturated carbocycles. The lowest BCUT2D eigenvalue weighted by Gasteiger charge is -2.25. The van der Waals surface area contributed by atoms with Crippen molar-refractivity contribution >= 4 is 33.8 Å². The Morgan fingerprint density at radius 1 is 1.04 bits per heavy atom. The molecule has 3 rings (SSSR count). The molecule has 1 heterocycles.